The van der Waals surface area contributed by atoms with Crippen LogP contribution in [0.5, 0.6) is 0 Å². The molecule has 2 aromatic carbocycles. The second-order valence-corrected chi connectivity index (χ2v) is 8.78. The summed E-state index contributed by atoms with van der Waals surface area (Å²) in [6.07, 6.45) is 2.23. The van der Waals surface area contributed by atoms with Gasteiger partial charge in [-0.05, 0) is 61.2 Å². The SMILES string of the molecule is CC(C)(C)CN1CCCC(n2c3ccc(F)cc3c3cc(F)ccc32)C1. The first kappa shape index (κ1) is 17.5. The molecule has 1 atom stereocenters. The molecule has 1 unspecified atom stereocenters. The Labute approximate surface area is 153 Å². The van der Waals surface area contributed by atoms with E-state index in [0.29, 0.717) is 6.04 Å². The molecule has 2 nitrogen and oxygen atoms in total. The molecule has 138 valence electrons. The van der Waals surface area contributed by atoms with Gasteiger partial charge in [-0.1, -0.05) is 20.8 Å². The van der Waals surface area contributed by atoms with Gasteiger partial charge in [0.05, 0.1) is 0 Å². The summed E-state index contributed by atoms with van der Waals surface area (Å²) in [7, 11) is 0. The van der Waals surface area contributed by atoms with E-state index < -0.39 is 0 Å². The van der Waals surface area contributed by atoms with Crippen molar-refractivity contribution in [3.63, 3.8) is 0 Å². The van der Waals surface area contributed by atoms with Gasteiger partial charge in [0.25, 0.3) is 0 Å². The second-order valence-electron chi connectivity index (χ2n) is 8.78. The molecule has 26 heavy (non-hydrogen) atoms. The van der Waals surface area contributed by atoms with Gasteiger partial charge in [0.1, 0.15) is 11.6 Å². The normalized spacial score (nSPS) is 19.5. The number of nitrogens with zero attached hydrogens (tertiary/aromatic N) is 2. The van der Waals surface area contributed by atoms with Crippen LogP contribution in [0, 0.1) is 17.0 Å². The number of rotatable bonds is 2. The molecule has 2 heterocycles. The first-order chi connectivity index (χ1) is 12.3. The minimum absolute atomic E-state index is 0.259. The highest BCUT2D eigenvalue weighted by Gasteiger charge is 2.27. The first-order valence-corrected chi connectivity index (χ1v) is 9.43. The molecule has 1 saturated heterocycles. The van der Waals surface area contributed by atoms with Crippen molar-refractivity contribution in [2.24, 2.45) is 5.41 Å². The molecule has 1 aliphatic heterocycles. The molecule has 0 N–H and O–H groups in total. The van der Waals surface area contributed by atoms with E-state index in [4.69, 9.17) is 0 Å². The van der Waals surface area contributed by atoms with E-state index >= 15 is 0 Å². The van der Waals surface area contributed by atoms with Crippen LogP contribution in [0.25, 0.3) is 21.8 Å². The molecule has 0 aliphatic carbocycles. The number of piperidine rings is 1. The highest BCUT2D eigenvalue weighted by molar-refractivity contribution is 6.08. The molecule has 4 rings (SSSR count). The molecule has 0 amide bonds. The van der Waals surface area contributed by atoms with E-state index in [2.05, 4.69) is 30.2 Å². The highest BCUT2D eigenvalue weighted by Crippen LogP contribution is 2.36. The average Bonchev–Trinajstić information content (AvgIpc) is 2.86. The van der Waals surface area contributed by atoms with Crippen molar-refractivity contribution in [3.05, 3.63) is 48.0 Å². The van der Waals surface area contributed by atoms with Crippen LogP contribution in [0.2, 0.25) is 0 Å². The van der Waals surface area contributed by atoms with E-state index in [1.165, 1.54) is 24.3 Å². The van der Waals surface area contributed by atoms with Crippen molar-refractivity contribution < 1.29 is 8.78 Å². The van der Waals surface area contributed by atoms with Gasteiger partial charge in [-0.15, -0.1) is 0 Å². The number of likely N-dealkylation sites (tertiary alicyclic amines) is 1. The first-order valence-electron chi connectivity index (χ1n) is 9.43. The smallest absolute Gasteiger partial charge is 0.123 e. The van der Waals surface area contributed by atoms with Crippen molar-refractivity contribution in [1.82, 2.24) is 9.47 Å². The van der Waals surface area contributed by atoms with E-state index in [-0.39, 0.29) is 17.0 Å². The number of hydrogen-bond acceptors (Lipinski definition) is 1. The minimum Gasteiger partial charge on any atom is -0.336 e. The van der Waals surface area contributed by atoms with Crippen LogP contribution in [0.3, 0.4) is 0 Å². The lowest BCUT2D eigenvalue weighted by atomic mass is 9.94. The van der Waals surface area contributed by atoms with Crippen LogP contribution in [0.1, 0.15) is 39.7 Å². The van der Waals surface area contributed by atoms with E-state index in [0.717, 1.165) is 54.3 Å². The fourth-order valence-corrected chi connectivity index (χ4v) is 4.45. The zero-order chi connectivity index (χ0) is 18.5. The third-order valence-electron chi connectivity index (χ3n) is 5.27. The predicted octanol–water partition coefficient (Wildman–Crippen LogP) is 5.76. The summed E-state index contributed by atoms with van der Waals surface area (Å²) in [5.41, 5.74) is 2.25. The number of fused-ring (bicyclic) bond motifs is 3. The number of aromatic nitrogens is 1. The Kier molecular flexibility index (Phi) is 4.26. The number of halogens is 2. The maximum Gasteiger partial charge on any atom is 0.123 e. The third kappa shape index (κ3) is 3.23. The minimum atomic E-state index is -0.279. The molecule has 1 aliphatic rings. The molecule has 0 spiro atoms. The number of hydrogen-bond donors (Lipinski definition) is 0. The largest absolute Gasteiger partial charge is 0.336 e. The van der Waals surface area contributed by atoms with Crippen molar-refractivity contribution in [3.8, 4) is 0 Å². The summed E-state index contributed by atoms with van der Waals surface area (Å²) in [5, 5.41) is 1.60. The van der Waals surface area contributed by atoms with Gasteiger partial charge in [0.15, 0.2) is 0 Å². The summed E-state index contributed by atoms with van der Waals surface area (Å²) in [4.78, 5) is 2.53. The number of benzene rings is 2. The molecule has 3 aromatic rings. The zero-order valence-electron chi connectivity index (χ0n) is 15.7. The molecule has 1 fully saturated rings. The van der Waals surface area contributed by atoms with Crippen LogP contribution < -0.4 is 0 Å². The monoisotopic (exact) mass is 356 g/mol. The van der Waals surface area contributed by atoms with Gasteiger partial charge in [-0.25, -0.2) is 8.78 Å². The fourth-order valence-electron chi connectivity index (χ4n) is 4.45. The summed E-state index contributed by atoms with van der Waals surface area (Å²) >= 11 is 0. The fraction of sp³-hybridized carbons (Fsp3) is 0.455. The topological polar surface area (TPSA) is 8.17 Å². The average molecular weight is 356 g/mol. The van der Waals surface area contributed by atoms with Gasteiger partial charge in [-0.3, -0.25) is 0 Å². The van der Waals surface area contributed by atoms with Crippen molar-refractivity contribution in [2.75, 3.05) is 19.6 Å². The lowest BCUT2D eigenvalue weighted by Gasteiger charge is -2.37. The molecule has 0 radical (unpaired) electrons. The third-order valence-corrected chi connectivity index (χ3v) is 5.27. The standard InChI is InChI=1S/C22H26F2N2/c1-22(2,3)14-25-10-4-5-17(13-25)26-20-8-6-15(23)11-18(20)19-12-16(24)7-9-21(19)26/h6-9,11-12,17H,4-5,10,13-14H2,1-3H3. The van der Waals surface area contributed by atoms with Crippen LogP contribution in [-0.2, 0) is 0 Å². The predicted molar refractivity (Wildman–Crippen MR) is 104 cm³/mol. The van der Waals surface area contributed by atoms with Gasteiger partial charge >= 0.3 is 0 Å². The van der Waals surface area contributed by atoms with Crippen LogP contribution in [0.4, 0.5) is 8.78 Å². The Morgan fingerprint density at radius 2 is 1.54 bits per heavy atom. The summed E-state index contributed by atoms with van der Waals surface area (Å²) < 4.78 is 30.0. The summed E-state index contributed by atoms with van der Waals surface area (Å²) in [6, 6.07) is 10.1. The Hall–Kier alpha value is -1.94. The van der Waals surface area contributed by atoms with E-state index in [1.54, 1.807) is 0 Å². The second kappa shape index (κ2) is 6.34. The molecule has 0 saturated carbocycles. The van der Waals surface area contributed by atoms with Crippen molar-refractivity contribution in [2.45, 2.75) is 39.7 Å². The zero-order valence-corrected chi connectivity index (χ0v) is 15.7. The lowest BCUT2D eigenvalue weighted by molar-refractivity contribution is 0.134. The highest BCUT2D eigenvalue weighted by atomic mass is 19.1. The molecular formula is C22H26F2N2. The van der Waals surface area contributed by atoms with E-state index in [1.807, 2.05) is 12.1 Å². The van der Waals surface area contributed by atoms with Crippen LogP contribution >= 0.6 is 0 Å². The molecule has 1 aromatic heterocycles. The Morgan fingerprint density at radius 1 is 0.962 bits per heavy atom. The maximum absolute atomic E-state index is 13.9. The molecular weight excluding hydrogens is 330 g/mol. The van der Waals surface area contributed by atoms with E-state index in [9.17, 15) is 8.78 Å². The Morgan fingerprint density at radius 3 is 2.08 bits per heavy atom. The van der Waals surface area contributed by atoms with Gasteiger partial charge < -0.3 is 9.47 Å². The van der Waals surface area contributed by atoms with Crippen LogP contribution in [-0.4, -0.2) is 29.1 Å². The Balaban J connectivity index is 1.82. The Bertz CT molecular complexity index is 893. The molecule has 4 heteroatoms. The molecule has 0 bridgehead atoms. The quantitative estimate of drug-likeness (QED) is 0.567. The van der Waals surface area contributed by atoms with Gasteiger partial charge in [-0.2, -0.15) is 0 Å². The van der Waals surface area contributed by atoms with Crippen molar-refractivity contribution >= 4 is 21.8 Å². The van der Waals surface area contributed by atoms with Gasteiger partial charge in [0, 0.05) is 40.9 Å². The van der Waals surface area contributed by atoms with Crippen LogP contribution in [0.15, 0.2) is 36.4 Å². The lowest BCUT2D eigenvalue weighted by Crippen LogP contribution is -2.41. The summed E-state index contributed by atoms with van der Waals surface area (Å²) in [5.74, 6) is -0.558. The maximum atomic E-state index is 13.9. The summed E-state index contributed by atoms with van der Waals surface area (Å²) in [6.45, 7) is 9.96. The van der Waals surface area contributed by atoms with Gasteiger partial charge in [0.2, 0.25) is 0 Å². The van der Waals surface area contributed by atoms with Crippen molar-refractivity contribution in [1.29, 1.82) is 0 Å².